The molecule has 0 rings (SSSR count). The third-order valence-corrected chi connectivity index (χ3v) is 7.03. The Morgan fingerprint density at radius 3 is 1.10 bits per heavy atom. The summed E-state index contributed by atoms with van der Waals surface area (Å²) >= 11 is 0. The quantitative estimate of drug-likeness (QED) is 0.198. The second-order valence-electron chi connectivity index (χ2n) is 6.55. The van der Waals surface area contributed by atoms with E-state index in [1.165, 1.54) is 107 Å². The molecule has 0 aliphatic carbocycles. The first-order valence-corrected chi connectivity index (χ1v) is 11.7. The van der Waals surface area contributed by atoms with Gasteiger partial charge in [0.2, 0.25) is 0 Å². The van der Waals surface area contributed by atoms with Crippen molar-refractivity contribution in [3.8, 4) is 0 Å². The van der Waals surface area contributed by atoms with E-state index in [1.54, 1.807) is 0 Å². The van der Waals surface area contributed by atoms with E-state index >= 15 is 0 Å². The summed E-state index contributed by atoms with van der Waals surface area (Å²) in [5.74, 6) is 4.49. The van der Waals surface area contributed by atoms with E-state index in [2.05, 4.69) is 20.8 Å². The predicted octanol–water partition coefficient (Wildman–Crippen LogP) is 7.13. The minimum Gasteiger partial charge on any atom is -0.0654 e. The second-order valence-corrected chi connectivity index (χ2v) is 9.17. The van der Waals surface area contributed by atoms with Gasteiger partial charge in [0.1, 0.15) is 17.3 Å². The van der Waals surface area contributed by atoms with Crippen LogP contribution in [0.4, 0.5) is 0 Å². The van der Waals surface area contributed by atoms with Crippen LogP contribution in [0.15, 0.2) is 0 Å². The van der Waals surface area contributed by atoms with Gasteiger partial charge in [-0.25, -0.2) is 0 Å². The minimum absolute atomic E-state index is 0.751. The van der Waals surface area contributed by atoms with Crippen LogP contribution < -0.4 is 0 Å². The van der Waals surface area contributed by atoms with Gasteiger partial charge >= 0.3 is 0 Å². The minimum atomic E-state index is 0.751. The first kappa shape index (κ1) is 21.4. The highest BCUT2D eigenvalue weighted by atomic mass is 32.2. The fourth-order valence-corrected chi connectivity index (χ4v) is 4.92. The lowest BCUT2D eigenvalue weighted by Crippen LogP contribution is -2.14. The first-order chi connectivity index (χ1) is 10.3. The summed E-state index contributed by atoms with van der Waals surface area (Å²) in [7, 11) is 0.751. The highest BCUT2D eigenvalue weighted by Gasteiger charge is 2.13. The molecule has 0 fully saturated rings. The van der Waals surface area contributed by atoms with Gasteiger partial charge in [-0.3, -0.25) is 0 Å². The molecular formula is C20H43S+. The monoisotopic (exact) mass is 315 g/mol. The van der Waals surface area contributed by atoms with Crippen molar-refractivity contribution in [2.75, 3.05) is 17.3 Å². The Bertz CT molecular complexity index is 161. The van der Waals surface area contributed by atoms with Gasteiger partial charge in [-0.15, -0.1) is 0 Å². The SMILES string of the molecule is CCCCCCCCC[S+](CC)CCCCCCCCC. The largest absolute Gasteiger partial charge is 0.108 e. The van der Waals surface area contributed by atoms with Gasteiger partial charge < -0.3 is 0 Å². The third kappa shape index (κ3) is 16.5. The van der Waals surface area contributed by atoms with E-state index in [0.29, 0.717) is 0 Å². The van der Waals surface area contributed by atoms with Crippen LogP contribution >= 0.6 is 0 Å². The lowest BCUT2D eigenvalue weighted by atomic mass is 10.1. The molecule has 0 saturated carbocycles. The Balaban J connectivity index is 3.29. The Labute approximate surface area is 139 Å². The number of unbranched alkanes of at least 4 members (excludes halogenated alkanes) is 12. The van der Waals surface area contributed by atoms with Crippen LogP contribution in [0, 0.1) is 0 Å². The molecule has 128 valence electrons. The third-order valence-electron chi connectivity index (χ3n) is 4.48. The van der Waals surface area contributed by atoms with Crippen LogP contribution in [0.5, 0.6) is 0 Å². The molecule has 0 atom stereocenters. The molecule has 0 aliphatic heterocycles. The summed E-state index contributed by atoms with van der Waals surface area (Å²) in [5, 5.41) is 0. The van der Waals surface area contributed by atoms with Gasteiger partial charge in [-0.2, -0.15) is 0 Å². The first-order valence-electron chi connectivity index (χ1n) is 9.99. The number of rotatable bonds is 17. The fraction of sp³-hybridized carbons (Fsp3) is 1.00. The van der Waals surface area contributed by atoms with Crippen LogP contribution in [-0.2, 0) is 10.9 Å². The van der Waals surface area contributed by atoms with Crippen molar-refractivity contribution in [2.24, 2.45) is 0 Å². The van der Waals surface area contributed by atoms with E-state index in [0.717, 1.165) is 10.9 Å². The summed E-state index contributed by atoms with van der Waals surface area (Å²) in [6.07, 6.45) is 20.5. The lowest BCUT2D eigenvalue weighted by molar-refractivity contribution is 0.600. The zero-order valence-electron chi connectivity index (χ0n) is 15.4. The molecule has 0 spiro atoms. The van der Waals surface area contributed by atoms with Gasteiger partial charge in [0, 0.05) is 0 Å². The zero-order valence-corrected chi connectivity index (χ0v) is 16.2. The molecular weight excluding hydrogens is 272 g/mol. The summed E-state index contributed by atoms with van der Waals surface area (Å²) in [5.41, 5.74) is 0. The number of hydrogen-bond donors (Lipinski definition) is 0. The molecule has 0 radical (unpaired) electrons. The molecule has 21 heavy (non-hydrogen) atoms. The zero-order chi connectivity index (χ0) is 15.6. The molecule has 0 aliphatic rings. The second kappa shape index (κ2) is 18.4. The molecule has 0 N–H and O–H groups in total. The van der Waals surface area contributed by atoms with Gasteiger partial charge in [0.15, 0.2) is 0 Å². The van der Waals surface area contributed by atoms with Crippen LogP contribution in [0.1, 0.15) is 111 Å². The van der Waals surface area contributed by atoms with E-state index in [1.807, 2.05) is 0 Å². The fourth-order valence-electron chi connectivity index (χ4n) is 2.92. The topological polar surface area (TPSA) is 0 Å². The molecule has 0 heterocycles. The lowest BCUT2D eigenvalue weighted by Gasteiger charge is -2.07. The van der Waals surface area contributed by atoms with E-state index < -0.39 is 0 Å². The van der Waals surface area contributed by atoms with Gasteiger partial charge in [-0.1, -0.05) is 78.1 Å². The smallest absolute Gasteiger partial charge is 0.0654 e. The molecule has 0 aromatic carbocycles. The van der Waals surface area contributed by atoms with Crippen molar-refractivity contribution in [1.82, 2.24) is 0 Å². The maximum Gasteiger partial charge on any atom is 0.108 e. The highest BCUT2D eigenvalue weighted by molar-refractivity contribution is 7.96. The van der Waals surface area contributed by atoms with Gasteiger partial charge in [0.05, 0.1) is 0 Å². The average molecular weight is 316 g/mol. The normalized spacial score (nSPS) is 11.4. The Morgan fingerprint density at radius 2 is 0.762 bits per heavy atom. The Hall–Kier alpha value is 0.350. The van der Waals surface area contributed by atoms with Gasteiger partial charge in [0.25, 0.3) is 0 Å². The van der Waals surface area contributed by atoms with Crippen LogP contribution in [-0.4, -0.2) is 17.3 Å². The van der Waals surface area contributed by atoms with Crippen molar-refractivity contribution in [1.29, 1.82) is 0 Å². The molecule has 0 amide bonds. The molecule has 0 aromatic heterocycles. The maximum atomic E-state index is 2.41. The van der Waals surface area contributed by atoms with Crippen molar-refractivity contribution >= 4 is 10.9 Å². The van der Waals surface area contributed by atoms with Crippen LogP contribution in [0.25, 0.3) is 0 Å². The molecule has 0 unspecified atom stereocenters. The molecule has 0 aromatic rings. The summed E-state index contributed by atoms with van der Waals surface area (Å²) in [6, 6.07) is 0. The van der Waals surface area contributed by atoms with E-state index in [-0.39, 0.29) is 0 Å². The molecule has 0 saturated heterocycles. The molecule has 1 heteroatoms. The van der Waals surface area contributed by atoms with Crippen molar-refractivity contribution in [3.05, 3.63) is 0 Å². The molecule has 0 nitrogen and oxygen atoms in total. The van der Waals surface area contributed by atoms with Crippen molar-refractivity contribution < 1.29 is 0 Å². The standard InChI is InChI=1S/C20H43S/c1-4-7-9-11-13-15-17-19-21(6-3)20-18-16-14-12-10-8-5-2/h4-20H2,1-3H3/q+1. The predicted molar refractivity (Wildman–Crippen MR) is 104 cm³/mol. The van der Waals surface area contributed by atoms with E-state index in [9.17, 15) is 0 Å². The van der Waals surface area contributed by atoms with Crippen LogP contribution in [0.3, 0.4) is 0 Å². The highest BCUT2D eigenvalue weighted by Crippen LogP contribution is 2.12. The van der Waals surface area contributed by atoms with Gasteiger partial charge in [-0.05, 0) is 43.5 Å². The molecule has 0 bridgehead atoms. The van der Waals surface area contributed by atoms with Crippen molar-refractivity contribution in [2.45, 2.75) is 111 Å². The number of hydrogen-bond acceptors (Lipinski definition) is 0. The maximum absolute atomic E-state index is 2.41. The summed E-state index contributed by atoms with van der Waals surface area (Å²) in [6.45, 7) is 7.01. The average Bonchev–Trinajstić information content (AvgIpc) is 2.51. The van der Waals surface area contributed by atoms with Crippen molar-refractivity contribution in [3.63, 3.8) is 0 Å². The van der Waals surface area contributed by atoms with E-state index in [4.69, 9.17) is 0 Å². The summed E-state index contributed by atoms with van der Waals surface area (Å²) < 4.78 is 0. The Morgan fingerprint density at radius 1 is 0.429 bits per heavy atom. The van der Waals surface area contributed by atoms with Crippen LogP contribution in [0.2, 0.25) is 0 Å². The summed E-state index contributed by atoms with van der Waals surface area (Å²) in [4.78, 5) is 0. The Kier molecular flexibility index (Phi) is 18.7.